The first-order valence-electron chi connectivity index (χ1n) is 7.32. The summed E-state index contributed by atoms with van der Waals surface area (Å²) in [6, 6.07) is 11.8. The van der Waals surface area contributed by atoms with Gasteiger partial charge in [-0.1, -0.05) is 29.3 Å². The molecule has 0 saturated heterocycles. The molecule has 0 unspecified atom stereocenters. The minimum absolute atomic E-state index is 0.375. The van der Waals surface area contributed by atoms with Crippen LogP contribution >= 0.6 is 11.6 Å². The summed E-state index contributed by atoms with van der Waals surface area (Å²) in [5.41, 5.74) is 1.92. The van der Waals surface area contributed by atoms with E-state index in [1.165, 1.54) is 14.0 Å². The number of methoxy groups -OCH3 is 1. The number of ether oxygens (including phenoxy) is 2. The van der Waals surface area contributed by atoms with Gasteiger partial charge in [0.2, 0.25) is 0 Å². The Hall–Kier alpha value is -2.53. The number of benzene rings is 2. The Kier molecular flexibility index (Phi) is 5.82. The lowest BCUT2D eigenvalue weighted by molar-refractivity contribution is -0.123. The van der Waals surface area contributed by atoms with Gasteiger partial charge in [-0.05, 0) is 44.2 Å². The van der Waals surface area contributed by atoms with Crippen molar-refractivity contribution in [3.8, 4) is 5.75 Å². The molecule has 0 aromatic heterocycles. The second-order valence-electron chi connectivity index (χ2n) is 5.25. The number of rotatable bonds is 5. The first kappa shape index (κ1) is 17.8. The predicted octanol–water partition coefficient (Wildman–Crippen LogP) is 3.84. The van der Waals surface area contributed by atoms with E-state index < -0.39 is 18.0 Å². The highest BCUT2D eigenvalue weighted by Gasteiger charge is 2.19. The average Bonchev–Trinajstić information content (AvgIpc) is 2.55. The maximum atomic E-state index is 12.1. The van der Waals surface area contributed by atoms with Gasteiger partial charge in [0.1, 0.15) is 5.75 Å². The number of aryl methyl sites for hydroxylation is 1. The maximum Gasteiger partial charge on any atom is 0.338 e. The van der Waals surface area contributed by atoms with Crippen LogP contribution in [0, 0.1) is 6.92 Å². The Balaban J connectivity index is 1.98. The van der Waals surface area contributed by atoms with Crippen LogP contribution in [0.4, 0.5) is 5.69 Å². The normalized spacial score (nSPS) is 11.5. The molecule has 0 fully saturated rings. The highest BCUT2D eigenvalue weighted by Crippen LogP contribution is 2.27. The molecule has 24 heavy (non-hydrogen) atoms. The summed E-state index contributed by atoms with van der Waals surface area (Å²) in [7, 11) is 1.51. The van der Waals surface area contributed by atoms with Crippen molar-refractivity contribution in [2.24, 2.45) is 0 Å². The fourth-order valence-corrected chi connectivity index (χ4v) is 2.22. The predicted molar refractivity (Wildman–Crippen MR) is 92.7 cm³/mol. The number of hydrogen-bond acceptors (Lipinski definition) is 4. The van der Waals surface area contributed by atoms with Gasteiger partial charge in [0.25, 0.3) is 5.91 Å². The molecule has 0 bridgehead atoms. The molecule has 0 saturated carbocycles. The largest absolute Gasteiger partial charge is 0.495 e. The van der Waals surface area contributed by atoms with E-state index in [9.17, 15) is 9.59 Å². The van der Waals surface area contributed by atoms with Crippen molar-refractivity contribution >= 4 is 29.2 Å². The first-order valence-corrected chi connectivity index (χ1v) is 7.70. The Morgan fingerprint density at radius 1 is 1.12 bits per heavy atom. The average molecular weight is 348 g/mol. The maximum absolute atomic E-state index is 12.1. The van der Waals surface area contributed by atoms with E-state index in [1.807, 2.05) is 6.92 Å². The molecule has 1 atom stereocenters. The molecule has 0 aliphatic heterocycles. The SMILES string of the molecule is COc1ccc(NC(=O)[C@H](C)OC(=O)c2ccc(C)cc2)cc1Cl. The van der Waals surface area contributed by atoms with Crippen LogP contribution in [-0.4, -0.2) is 25.1 Å². The minimum atomic E-state index is -0.945. The number of anilines is 1. The summed E-state index contributed by atoms with van der Waals surface area (Å²) in [6.07, 6.45) is -0.945. The van der Waals surface area contributed by atoms with Crippen molar-refractivity contribution in [3.63, 3.8) is 0 Å². The highest BCUT2D eigenvalue weighted by atomic mass is 35.5. The van der Waals surface area contributed by atoms with Crippen molar-refractivity contribution in [2.75, 3.05) is 12.4 Å². The van der Waals surface area contributed by atoms with E-state index in [0.29, 0.717) is 22.0 Å². The molecule has 2 aromatic rings. The van der Waals surface area contributed by atoms with Gasteiger partial charge >= 0.3 is 5.97 Å². The van der Waals surface area contributed by atoms with E-state index in [-0.39, 0.29) is 0 Å². The fraction of sp³-hybridized carbons (Fsp3) is 0.222. The zero-order valence-corrected chi connectivity index (χ0v) is 14.4. The monoisotopic (exact) mass is 347 g/mol. The zero-order chi connectivity index (χ0) is 17.7. The van der Waals surface area contributed by atoms with Crippen LogP contribution < -0.4 is 10.1 Å². The van der Waals surface area contributed by atoms with Gasteiger partial charge in [0.05, 0.1) is 17.7 Å². The fourth-order valence-electron chi connectivity index (χ4n) is 1.96. The Morgan fingerprint density at radius 2 is 1.79 bits per heavy atom. The molecule has 126 valence electrons. The van der Waals surface area contributed by atoms with Crippen molar-refractivity contribution in [1.82, 2.24) is 0 Å². The second-order valence-corrected chi connectivity index (χ2v) is 5.66. The van der Waals surface area contributed by atoms with E-state index in [2.05, 4.69) is 5.32 Å². The second kappa shape index (κ2) is 7.84. The molecule has 2 aromatic carbocycles. The third-order valence-electron chi connectivity index (χ3n) is 3.36. The summed E-state index contributed by atoms with van der Waals surface area (Å²) in [4.78, 5) is 24.2. The molecule has 0 radical (unpaired) electrons. The Morgan fingerprint density at radius 3 is 2.38 bits per heavy atom. The quantitative estimate of drug-likeness (QED) is 0.834. The van der Waals surface area contributed by atoms with Crippen molar-refractivity contribution in [3.05, 3.63) is 58.6 Å². The molecule has 0 heterocycles. The number of carbonyl (C=O) groups excluding carboxylic acids is 2. The molecule has 0 aliphatic carbocycles. The van der Waals surface area contributed by atoms with E-state index in [0.717, 1.165) is 5.56 Å². The van der Waals surface area contributed by atoms with Crippen LogP contribution in [0.3, 0.4) is 0 Å². The van der Waals surface area contributed by atoms with Gasteiger partial charge < -0.3 is 14.8 Å². The molecular formula is C18H18ClNO4. The van der Waals surface area contributed by atoms with Crippen LogP contribution in [0.25, 0.3) is 0 Å². The molecular weight excluding hydrogens is 330 g/mol. The van der Waals surface area contributed by atoms with Crippen LogP contribution in [-0.2, 0) is 9.53 Å². The van der Waals surface area contributed by atoms with Crippen molar-refractivity contribution in [2.45, 2.75) is 20.0 Å². The molecule has 1 N–H and O–H groups in total. The minimum Gasteiger partial charge on any atom is -0.495 e. The van der Waals surface area contributed by atoms with Crippen LogP contribution in [0.1, 0.15) is 22.8 Å². The molecule has 6 heteroatoms. The summed E-state index contributed by atoms with van der Waals surface area (Å²) in [5.74, 6) is -0.490. The Bertz CT molecular complexity index is 743. The van der Waals surface area contributed by atoms with Gasteiger partial charge in [0.15, 0.2) is 6.10 Å². The molecule has 0 aliphatic rings. The lowest BCUT2D eigenvalue weighted by Gasteiger charge is -2.14. The number of hydrogen-bond donors (Lipinski definition) is 1. The smallest absolute Gasteiger partial charge is 0.338 e. The highest BCUT2D eigenvalue weighted by molar-refractivity contribution is 6.32. The summed E-state index contributed by atoms with van der Waals surface area (Å²) < 4.78 is 10.2. The van der Waals surface area contributed by atoms with Crippen LogP contribution in [0.2, 0.25) is 5.02 Å². The molecule has 2 rings (SSSR count). The van der Waals surface area contributed by atoms with E-state index in [4.69, 9.17) is 21.1 Å². The van der Waals surface area contributed by atoms with Gasteiger partial charge in [-0.3, -0.25) is 4.79 Å². The van der Waals surface area contributed by atoms with E-state index in [1.54, 1.807) is 42.5 Å². The number of amides is 1. The van der Waals surface area contributed by atoms with E-state index >= 15 is 0 Å². The van der Waals surface area contributed by atoms with Gasteiger partial charge in [-0.2, -0.15) is 0 Å². The summed E-state index contributed by atoms with van der Waals surface area (Å²) in [5, 5.41) is 3.02. The molecule has 5 nitrogen and oxygen atoms in total. The lowest BCUT2D eigenvalue weighted by Crippen LogP contribution is -2.30. The summed E-state index contributed by atoms with van der Waals surface area (Å²) >= 11 is 6.01. The van der Waals surface area contributed by atoms with Crippen molar-refractivity contribution < 1.29 is 19.1 Å². The molecule has 1 amide bonds. The topological polar surface area (TPSA) is 64.6 Å². The lowest BCUT2D eigenvalue weighted by atomic mass is 10.1. The van der Waals surface area contributed by atoms with Crippen LogP contribution in [0.15, 0.2) is 42.5 Å². The third kappa shape index (κ3) is 4.49. The summed E-state index contributed by atoms with van der Waals surface area (Å²) in [6.45, 7) is 3.43. The number of halogens is 1. The van der Waals surface area contributed by atoms with Crippen molar-refractivity contribution in [1.29, 1.82) is 0 Å². The Labute approximate surface area is 145 Å². The number of carbonyl (C=O) groups is 2. The van der Waals surface area contributed by atoms with Crippen LogP contribution in [0.5, 0.6) is 5.75 Å². The van der Waals surface area contributed by atoms with Gasteiger partial charge in [-0.15, -0.1) is 0 Å². The number of nitrogens with one attached hydrogen (secondary N) is 1. The number of esters is 1. The van der Waals surface area contributed by atoms with Gasteiger partial charge in [0, 0.05) is 5.69 Å². The standard InChI is InChI=1S/C18H18ClNO4/c1-11-4-6-13(7-5-11)18(22)24-12(2)17(21)20-14-8-9-16(23-3)15(19)10-14/h4-10,12H,1-3H3,(H,20,21)/t12-/m0/s1. The molecule has 0 spiro atoms. The third-order valence-corrected chi connectivity index (χ3v) is 3.66. The van der Waals surface area contributed by atoms with Gasteiger partial charge in [-0.25, -0.2) is 4.79 Å². The zero-order valence-electron chi connectivity index (χ0n) is 13.6. The first-order chi connectivity index (χ1) is 11.4.